The quantitative estimate of drug-likeness (QED) is 0.0545. The van der Waals surface area contributed by atoms with Gasteiger partial charge in [0.05, 0.1) is 43.0 Å². The Kier molecular flexibility index (Phi) is 15.7. The van der Waals surface area contributed by atoms with Gasteiger partial charge in [-0.15, -0.1) is 11.3 Å². The summed E-state index contributed by atoms with van der Waals surface area (Å²) >= 11 is 7.44. The van der Waals surface area contributed by atoms with Crippen LogP contribution in [-0.4, -0.2) is 103 Å². The Balaban J connectivity index is 0.778. The van der Waals surface area contributed by atoms with Gasteiger partial charge in [0.15, 0.2) is 16.7 Å². The molecule has 0 radical (unpaired) electrons. The summed E-state index contributed by atoms with van der Waals surface area (Å²) in [5.41, 5.74) is 1.74. The number of carbonyl (C=O) groups excluding carboxylic acids is 5. The molecule has 19 heteroatoms. The Labute approximate surface area is 373 Å². The van der Waals surface area contributed by atoms with E-state index in [1.54, 1.807) is 36.5 Å². The van der Waals surface area contributed by atoms with Crippen molar-refractivity contribution in [1.29, 1.82) is 0 Å². The minimum absolute atomic E-state index is 0.00452. The molecule has 1 saturated heterocycles. The second kappa shape index (κ2) is 21.7. The number of pyridine rings is 1. The highest BCUT2D eigenvalue weighted by Gasteiger charge is 2.43. The van der Waals surface area contributed by atoms with Crippen LogP contribution in [-0.2, 0) is 41.6 Å². The smallest absolute Gasteiger partial charge is 0.255 e. The van der Waals surface area contributed by atoms with Crippen LogP contribution in [0.25, 0.3) is 0 Å². The molecular formula is C44H50ClFN8O8S. The van der Waals surface area contributed by atoms with Gasteiger partial charge in [-0.3, -0.25) is 29.3 Å². The predicted molar refractivity (Wildman–Crippen MR) is 233 cm³/mol. The number of imide groups is 1. The first-order chi connectivity index (χ1) is 30.6. The molecule has 2 aromatic heterocycles. The molecule has 0 bridgehead atoms. The fourth-order valence-electron chi connectivity index (χ4n) is 7.98. The molecule has 1 aliphatic carbocycles. The van der Waals surface area contributed by atoms with Crippen LogP contribution in [0.15, 0.2) is 66.2 Å². The first kappa shape index (κ1) is 45.5. The topological polar surface area (TPSA) is 202 Å². The molecule has 4 heterocycles. The number of rotatable bonds is 21. The van der Waals surface area contributed by atoms with E-state index in [2.05, 4.69) is 31.6 Å². The molecular weight excluding hydrogens is 855 g/mol. The number of hydrogen-bond donors (Lipinski definition) is 5. The first-order valence-electron chi connectivity index (χ1n) is 21.0. The fraction of sp³-hybridized carbons (Fsp3) is 0.432. The number of thiazole rings is 1. The number of carbonyl (C=O) groups is 5. The van der Waals surface area contributed by atoms with E-state index in [0.717, 1.165) is 10.8 Å². The van der Waals surface area contributed by atoms with Gasteiger partial charge in [0.2, 0.25) is 23.6 Å². The lowest BCUT2D eigenvalue weighted by atomic mass is 9.69. The molecule has 5 amide bonds. The Bertz CT molecular complexity index is 2260. The van der Waals surface area contributed by atoms with Gasteiger partial charge in [0.25, 0.3) is 5.91 Å². The molecule has 4 aromatic rings. The van der Waals surface area contributed by atoms with Crippen molar-refractivity contribution in [2.75, 3.05) is 56.7 Å². The van der Waals surface area contributed by atoms with Crippen LogP contribution >= 0.6 is 22.9 Å². The van der Waals surface area contributed by atoms with E-state index >= 15 is 0 Å². The molecule has 3 aliphatic rings. The van der Waals surface area contributed by atoms with E-state index in [1.165, 1.54) is 22.3 Å². The Morgan fingerprint density at radius 2 is 1.76 bits per heavy atom. The van der Waals surface area contributed by atoms with E-state index in [0.29, 0.717) is 101 Å². The number of nitrogens with one attached hydrogen (secondary N) is 5. The third kappa shape index (κ3) is 12.1. The number of ether oxygens (including phenoxy) is 3. The first-order valence-corrected chi connectivity index (χ1v) is 22.3. The molecule has 16 nitrogen and oxygen atoms in total. The Hall–Kier alpha value is -5.53. The van der Waals surface area contributed by atoms with Crippen LogP contribution in [0, 0.1) is 11.2 Å². The van der Waals surface area contributed by atoms with Crippen molar-refractivity contribution in [1.82, 2.24) is 30.8 Å². The highest BCUT2D eigenvalue weighted by atomic mass is 35.5. The zero-order valence-electron chi connectivity index (χ0n) is 34.6. The van der Waals surface area contributed by atoms with Crippen LogP contribution in [0.5, 0.6) is 5.75 Å². The molecule has 0 spiro atoms. The summed E-state index contributed by atoms with van der Waals surface area (Å²) in [5, 5.41) is 17.2. The molecule has 2 aromatic carbocycles. The number of anilines is 3. The maximum atomic E-state index is 14.6. The summed E-state index contributed by atoms with van der Waals surface area (Å²) in [6.07, 6.45) is 4.64. The summed E-state index contributed by atoms with van der Waals surface area (Å²) < 4.78 is 32.0. The second-order valence-corrected chi connectivity index (χ2v) is 16.9. The zero-order valence-corrected chi connectivity index (χ0v) is 36.2. The van der Waals surface area contributed by atoms with Crippen LogP contribution in [0.2, 0.25) is 5.02 Å². The number of piperidine rings is 1. The highest BCUT2D eigenvalue weighted by molar-refractivity contribution is 7.13. The van der Waals surface area contributed by atoms with E-state index < -0.39 is 23.2 Å². The number of amides is 5. The largest absolute Gasteiger partial charge is 0.487 e. The van der Waals surface area contributed by atoms with E-state index in [1.807, 2.05) is 23.6 Å². The number of fused-ring (bicyclic) bond motifs is 1. The van der Waals surface area contributed by atoms with E-state index in [9.17, 15) is 28.4 Å². The maximum Gasteiger partial charge on any atom is 0.255 e. The minimum atomic E-state index is -0.761. The zero-order chi connectivity index (χ0) is 44.2. The second-order valence-electron chi connectivity index (χ2n) is 15.6. The summed E-state index contributed by atoms with van der Waals surface area (Å²) in [7, 11) is 0. The van der Waals surface area contributed by atoms with Gasteiger partial charge in [0.1, 0.15) is 11.9 Å². The monoisotopic (exact) mass is 904 g/mol. The molecule has 334 valence electrons. The molecule has 2 fully saturated rings. The maximum absolute atomic E-state index is 14.6. The minimum Gasteiger partial charge on any atom is -0.487 e. The summed E-state index contributed by atoms with van der Waals surface area (Å²) in [6.45, 7) is 2.89. The molecule has 7 rings (SSSR count). The van der Waals surface area contributed by atoms with Gasteiger partial charge < -0.3 is 40.4 Å². The predicted octanol–water partition coefficient (Wildman–Crippen LogP) is 5.15. The highest BCUT2D eigenvalue weighted by Crippen LogP contribution is 2.41. The van der Waals surface area contributed by atoms with E-state index in [4.69, 9.17) is 30.8 Å². The van der Waals surface area contributed by atoms with Crippen LogP contribution in [0.3, 0.4) is 0 Å². The summed E-state index contributed by atoms with van der Waals surface area (Å²) in [4.78, 5) is 73.8. The average molecular weight is 905 g/mol. The van der Waals surface area contributed by atoms with Gasteiger partial charge in [-0.05, 0) is 80.1 Å². The molecule has 63 heavy (non-hydrogen) atoms. The molecule has 5 N–H and O–H groups in total. The van der Waals surface area contributed by atoms with Crippen LogP contribution in [0.4, 0.5) is 21.0 Å². The van der Waals surface area contributed by atoms with Crippen molar-refractivity contribution in [3.63, 3.8) is 0 Å². The van der Waals surface area contributed by atoms with Crippen LogP contribution < -0.4 is 31.3 Å². The summed E-state index contributed by atoms with van der Waals surface area (Å²) in [6, 6.07) is 14.7. The normalized spacial score (nSPS) is 19.7. The average Bonchev–Trinajstić information content (AvgIpc) is 3.90. The number of nitrogens with zero attached hydrogens (tertiary/aromatic N) is 3. The molecule has 1 atom stereocenters. The molecule has 2 aliphatic heterocycles. The third-order valence-electron chi connectivity index (χ3n) is 11.2. The number of benzene rings is 2. The number of aromatic nitrogens is 2. The molecule has 1 saturated carbocycles. The molecule has 1 unspecified atom stereocenters. The van der Waals surface area contributed by atoms with Gasteiger partial charge in [-0.1, -0.05) is 23.7 Å². The number of halogens is 2. The van der Waals surface area contributed by atoms with Crippen molar-refractivity contribution in [3.05, 3.63) is 93.8 Å². The van der Waals surface area contributed by atoms with Gasteiger partial charge in [0, 0.05) is 74.0 Å². The van der Waals surface area contributed by atoms with Crippen molar-refractivity contribution < 1.29 is 42.6 Å². The third-order valence-corrected chi connectivity index (χ3v) is 12.2. The van der Waals surface area contributed by atoms with Crippen molar-refractivity contribution >= 4 is 69.1 Å². The lowest BCUT2D eigenvalue weighted by Gasteiger charge is -2.39. The Morgan fingerprint density at radius 3 is 2.54 bits per heavy atom. The van der Waals surface area contributed by atoms with Gasteiger partial charge >= 0.3 is 0 Å². The summed E-state index contributed by atoms with van der Waals surface area (Å²) in [5.74, 6) is -1.23. The SMILES string of the molecule is O=C1CCC(N2Cc3cc(NC(=O)CCNCCOCCOCCNC(=O)[C@]4(Cc5cccc(Nc6nccs6)n5)CC[C@@H](Oc5cccc(Cl)c5F)CC4)ccc3C2=O)C(=O)N1. The van der Waals surface area contributed by atoms with Gasteiger partial charge in [-0.2, -0.15) is 0 Å². The Morgan fingerprint density at radius 1 is 0.968 bits per heavy atom. The van der Waals surface area contributed by atoms with Crippen molar-refractivity contribution in [2.24, 2.45) is 5.41 Å². The lowest BCUT2D eigenvalue weighted by Crippen LogP contribution is -2.52. The van der Waals surface area contributed by atoms with E-state index in [-0.39, 0.29) is 66.3 Å². The fourth-order valence-corrected chi connectivity index (χ4v) is 8.68. The number of hydrogen-bond acceptors (Lipinski definition) is 13. The van der Waals surface area contributed by atoms with Crippen molar-refractivity contribution in [3.8, 4) is 5.75 Å². The van der Waals surface area contributed by atoms with Gasteiger partial charge in [-0.25, -0.2) is 14.4 Å². The standard InChI is InChI=1S/C44H50ClFN8O8S/c45-33-4-2-5-35(39(33)46)62-31-11-14-44(15-12-31,26-30-3-1-6-36(50-30)52-43-49-19-24-63-43)42(59)48-18-21-61-23-22-60-20-17-47-16-13-38(56)51-29-7-8-32-28(25-29)27-54(41(32)58)34-9-10-37(55)53-40(34)57/h1-8,19,24-25,31,34,47H,9-18,20-23,26-27H2,(H,48,59)(H,51,56)(H,49,50,52)(H,53,55,57)/t31-,34?,44-. The van der Waals surface area contributed by atoms with Crippen molar-refractivity contribution in [2.45, 2.75) is 70.1 Å². The lowest BCUT2D eigenvalue weighted by molar-refractivity contribution is -0.137. The van der Waals surface area contributed by atoms with Crippen LogP contribution in [0.1, 0.15) is 66.6 Å².